The number of para-hydroxylation sites is 1. The third kappa shape index (κ3) is 5.07. The van der Waals surface area contributed by atoms with Crippen LogP contribution in [-0.2, 0) is 5.41 Å². The molecular weight excluding hydrogens is 592 g/mol. The first-order chi connectivity index (χ1) is 23.1. The van der Waals surface area contributed by atoms with Gasteiger partial charge in [0.15, 0.2) is 0 Å². The molecule has 0 atom stereocenters. The first kappa shape index (κ1) is 30.5. The second kappa shape index (κ2) is 11.6. The Morgan fingerprint density at radius 2 is 1.44 bits per heavy atom. The van der Waals surface area contributed by atoms with Gasteiger partial charge in [-0.25, -0.2) is 9.67 Å². The molecule has 0 fully saturated rings. The van der Waals surface area contributed by atoms with Crippen LogP contribution in [0.2, 0.25) is 0 Å². The van der Waals surface area contributed by atoms with Gasteiger partial charge in [-0.05, 0) is 90.9 Å². The molecule has 3 aromatic heterocycles. The van der Waals surface area contributed by atoms with Crippen LogP contribution in [0, 0.1) is 43.4 Å². The normalized spacial score (nSPS) is 11.5. The van der Waals surface area contributed by atoms with Gasteiger partial charge < -0.3 is 4.74 Å². The minimum atomic E-state index is -0.0148. The number of ether oxygens (including phenoxy) is 1. The number of nitriles is 2. The predicted octanol–water partition coefficient (Wildman–Crippen LogP) is 9.79. The Kier molecular flexibility index (Phi) is 7.34. The predicted molar refractivity (Wildman–Crippen MR) is 190 cm³/mol. The lowest BCUT2D eigenvalue weighted by Gasteiger charge is -2.20. The summed E-state index contributed by atoms with van der Waals surface area (Å²) in [4.78, 5) is 4.79. The molecule has 0 aliphatic carbocycles. The maximum Gasteiger partial charge on any atom is 0.137 e. The molecule has 7 nitrogen and oxygen atoms in total. The van der Waals surface area contributed by atoms with Gasteiger partial charge in [0.1, 0.15) is 29.5 Å². The quantitative estimate of drug-likeness (QED) is 0.190. The molecule has 0 bridgehead atoms. The highest BCUT2D eigenvalue weighted by Crippen LogP contribution is 2.37. The summed E-state index contributed by atoms with van der Waals surface area (Å²) in [6.07, 6.45) is 5.44. The van der Waals surface area contributed by atoms with Crippen molar-refractivity contribution in [2.24, 2.45) is 0 Å². The number of fused-ring (bicyclic) bond motifs is 3. The van der Waals surface area contributed by atoms with E-state index in [1.807, 2.05) is 63.5 Å². The highest BCUT2D eigenvalue weighted by Gasteiger charge is 2.21. The average molecular weight is 627 g/mol. The van der Waals surface area contributed by atoms with Crippen molar-refractivity contribution in [1.82, 2.24) is 19.3 Å². The van der Waals surface area contributed by atoms with Crippen LogP contribution in [0.3, 0.4) is 0 Å². The van der Waals surface area contributed by atoms with Crippen LogP contribution in [0.4, 0.5) is 0 Å². The lowest BCUT2D eigenvalue weighted by molar-refractivity contribution is 0.483. The summed E-state index contributed by atoms with van der Waals surface area (Å²) in [6.45, 7) is 12.4. The molecule has 3 heterocycles. The molecule has 7 heteroatoms. The SMILES string of the molecule is Cc1c(C)c(C#N)c(-c2cnn(-c3cccc(Oc4ccc5c6ccccc6n(-c6cc(C(C)(C)C)ccn6)c5c4)c3)c2)c(C#N)c1C. The Labute approximate surface area is 279 Å². The van der Waals surface area contributed by atoms with Crippen molar-refractivity contribution in [1.29, 1.82) is 10.5 Å². The molecule has 234 valence electrons. The fraction of sp³-hybridized carbons (Fsp3) is 0.171. The summed E-state index contributed by atoms with van der Waals surface area (Å²) < 4.78 is 10.4. The van der Waals surface area contributed by atoms with Gasteiger partial charge in [0.25, 0.3) is 0 Å². The Hall–Kier alpha value is -6.18. The molecular formula is C41H34N6O. The third-order valence-electron chi connectivity index (χ3n) is 9.27. The van der Waals surface area contributed by atoms with Crippen molar-refractivity contribution in [3.63, 3.8) is 0 Å². The number of pyridine rings is 1. The van der Waals surface area contributed by atoms with Gasteiger partial charge >= 0.3 is 0 Å². The van der Waals surface area contributed by atoms with Crippen molar-refractivity contribution in [3.05, 3.63) is 131 Å². The number of benzene rings is 4. The second-order valence-electron chi connectivity index (χ2n) is 13.2. The topological polar surface area (TPSA) is 92.4 Å². The monoisotopic (exact) mass is 626 g/mol. The zero-order valence-electron chi connectivity index (χ0n) is 27.8. The highest BCUT2D eigenvalue weighted by atomic mass is 16.5. The van der Waals surface area contributed by atoms with Crippen molar-refractivity contribution < 1.29 is 4.74 Å². The van der Waals surface area contributed by atoms with Crippen LogP contribution in [0.1, 0.15) is 54.2 Å². The Morgan fingerprint density at radius 1 is 0.729 bits per heavy atom. The maximum absolute atomic E-state index is 10.0. The summed E-state index contributed by atoms with van der Waals surface area (Å²) in [5, 5.41) is 26.9. The van der Waals surface area contributed by atoms with Gasteiger partial charge in [0, 0.05) is 46.4 Å². The van der Waals surface area contributed by atoms with E-state index < -0.39 is 0 Å². The molecule has 0 aliphatic rings. The van der Waals surface area contributed by atoms with Crippen LogP contribution >= 0.6 is 0 Å². The van der Waals surface area contributed by atoms with Crippen LogP contribution in [0.5, 0.6) is 11.5 Å². The summed E-state index contributed by atoms with van der Waals surface area (Å²) in [7, 11) is 0. The van der Waals surface area contributed by atoms with Gasteiger partial charge in [-0.3, -0.25) is 4.57 Å². The first-order valence-corrected chi connectivity index (χ1v) is 15.9. The van der Waals surface area contributed by atoms with E-state index in [2.05, 4.69) is 91.1 Å². The van der Waals surface area contributed by atoms with E-state index in [4.69, 9.17) is 9.72 Å². The first-order valence-electron chi connectivity index (χ1n) is 15.9. The van der Waals surface area contributed by atoms with Crippen molar-refractivity contribution in [3.8, 4) is 46.3 Å². The molecule has 0 saturated carbocycles. The van der Waals surface area contributed by atoms with Crippen LogP contribution < -0.4 is 4.74 Å². The fourth-order valence-electron chi connectivity index (χ4n) is 6.41. The molecule has 0 amide bonds. The van der Waals surface area contributed by atoms with Crippen LogP contribution in [0.15, 0.2) is 97.5 Å². The van der Waals surface area contributed by atoms with Crippen LogP contribution in [-0.4, -0.2) is 19.3 Å². The molecule has 4 aromatic carbocycles. The van der Waals surface area contributed by atoms with E-state index in [1.165, 1.54) is 5.56 Å². The van der Waals surface area contributed by atoms with Gasteiger partial charge in [-0.1, -0.05) is 45.0 Å². The van der Waals surface area contributed by atoms with E-state index in [0.717, 1.165) is 50.0 Å². The second-order valence-corrected chi connectivity index (χ2v) is 13.2. The minimum Gasteiger partial charge on any atom is -0.457 e. The molecule has 0 aliphatic heterocycles. The molecule has 0 radical (unpaired) electrons. The van der Waals surface area contributed by atoms with Gasteiger partial charge in [-0.2, -0.15) is 15.6 Å². The van der Waals surface area contributed by atoms with Crippen molar-refractivity contribution in [2.75, 3.05) is 0 Å². The number of nitrogens with zero attached hydrogens (tertiary/aromatic N) is 6. The fourth-order valence-corrected chi connectivity index (χ4v) is 6.41. The smallest absolute Gasteiger partial charge is 0.137 e. The van der Waals surface area contributed by atoms with E-state index in [-0.39, 0.29) is 5.41 Å². The Morgan fingerprint density at radius 3 is 2.17 bits per heavy atom. The van der Waals surface area contributed by atoms with E-state index in [1.54, 1.807) is 10.9 Å². The van der Waals surface area contributed by atoms with E-state index in [9.17, 15) is 10.5 Å². The molecule has 0 saturated heterocycles. The molecule has 0 spiro atoms. The zero-order valence-corrected chi connectivity index (χ0v) is 27.8. The van der Waals surface area contributed by atoms with Gasteiger partial charge in [0.2, 0.25) is 0 Å². The standard InChI is InChI=1S/C41H34N6O/c1-25-26(2)35(21-42)40(36(22-43)27(25)3)28-23-45-46(24-28)30-10-9-11-31(19-30)48-32-14-15-34-33-12-7-8-13-37(33)47(38(34)20-32)39-18-29(16-17-44-39)41(4,5)6/h7-20,23-24H,1-6H3. The summed E-state index contributed by atoms with van der Waals surface area (Å²) in [5.74, 6) is 2.21. The van der Waals surface area contributed by atoms with Gasteiger partial charge in [-0.15, -0.1) is 0 Å². The number of aromatic nitrogens is 4. The Balaban J connectivity index is 1.27. The molecule has 7 rings (SSSR count). The average Bonchev–Trinajstić information content (AvgIpc) is 3.70. The molecule has 48 heavy (non-hydrogen) atoms. The summed E-state index contributed by atoms with van der Waals surface area (Å²) in [6, 6.07) is 31.1. The zero-order chi connectivity index (χ0) is 33.7. The van der Waals surface area contributed by atoms with Crippen molar-refractivity contribution >= 4 is 21.8 Å². The van der Waals surface area contributed by atoms with E-state index in [0.29, 0.717) is 33.8 Å². The minimum absolute atomic E-state index is 0.0148. The van der Waals surface area contributed by atoms with E-state index >= 15 is 0 Å². The molecule has 7 aromatic rings. The lowest BCUT2D eigenvalue weighted by atomic mass is 9.87. The molecule has 0 N–H and O–H groups in total. The molecule has 0 unspecified atom stereocenters. The number of hydrogen-bond donors (Lipinski definition) is 0. The van der Waals surface area contributed by atoms with Gasteiger partial charge in [0.05, 0.1) is 34.0 Å². The lowest BCUT2D eigenvalue weighted by Crippen LogP contribution is -2.12. The number of hydrogen-bond acceptors (Lipinski definition) is 5. The summed E-state index contributed by atoms with van der Waals surface area (Å²) >= 11 is 0. The van der Waals surface area contributed by atoms with Crippen molar-refractivity contribution in [2.45, 2.75) is 47.0 Å². The highest BCUT2D eigenvalue weighted by molar-refractivity contribution is 6.09. The largest absolute Gasteiger partial charge is 0.457 e. The van der Waals surface area contributed by atoms with Crippen LogP contribution in [0.25, 0.3) is 44.4 Å². The summed E-state index contributed by atoms with van der Waals surface area (Å²) in [5.41, 5.74) is 9.10. The number of rotatable bonds is 5. The third-order valence-corrected chi connectivity index (χ3v) is 9.27. The maximum atomic E-state index is 10.0. The Bertz CT molecular complexity index is 2440.